The van der Waals surface area contributed by atoms with Crippen molar-refractivity contribution in [3.05, 3.63) is 89.2 Å². The first-order chi connectivity index (χ1) is 10.3. The maximum atomic E-state index is 3.37. The number of rotatable bonds is 1. The van der Waals surface area contributed by atoms with Crippen LogP contribution in [0.5, 0.6) is 0 Å². The summed E-state index contributed by atoms with van der Waals surface area (Å²) < 4.78 is 0. The summed E-state index contributed by atoms with van der Waals surface area (Å²) in [5.41, 5.74) is 9.42. The average molecular weight is 271 g/mol. The molecule has 0 atom stereocenters. The highest BCUT2D eigenvalue weighted by Crippen LogP contribution is 2.38. The van der Waals surface area contributed by atoms with Crippen molar-refractivity contribution in [3.8, 4) is 11.1 Å². The zero-order valence-electron chi connectivity index (χ0n) is 12.1. The van der Waals surface area contributed by atoms with Crippen LogP contribution in [0.4, 0.5) is 0 Å². The van der Waals surface area contributed by atoms with Crippen molar-refractivity contribution < 1.29 is 0 Å². The van der Waals surface area contributed by atoms with Crippen LogP contribution in [0.15, 0.2) is 66.9 Å². The van der Waals surface area contributed by atoms with Gasteiger partial charge in [-0.3, -0.25) is 0 Å². The molecule has 102 valence electrons. The Hall–Kier alpha value is -2.54. The summed E-state index contributed by atoms with van der Waals surface area (Å²) in [6, 6.07) is 13.4. The van der Waals surface area contributed by atoms with Crippen molar-refractivity contribution in [2.45, 2.75) is 13.3 Å². The number of benzene rings is 2. The third kappa shape index (κ3) is 2.02. The SMILES string of the molecule is Cc1cc2c(cc1C1=CC=CC=CN1)Cc1ccccc1-2. The Morgan fingerprint density at radius 2 is 1.76 bits per heavy atom. The minimum Gasteiger partial charge on any atom is -0.361 e. The summed E-state index contributed by atoms with van der Waals surface area (Å²) >= 11 is 0. The average Bonchev–Trinajstić information content (AvgIpc) is 2.68. The molecule has 1 aliphatic heterocycles. The molecule has 2 aliphatic rings. The van der Waals surface area contributed by atoms with Crippen LogP contribution in [0.1, 0.15) is 22.3 Å². The minimum absolute atomic E-state index is 1.04. The second-order valence-electron chi connectivity index (χ2n) is 5.63. The first-order valence-electron chi connectivity index (χ1n) is 7.35. The van der Waals surface area contributed by atoms with E-state index in [9.17, 15) is 0 Å². The van der Waals surface area contributed by atoms with Crippen LogP contribution in [-0.2, 0) is 6.42 Å². The van der Waals surface area contributed by atoms with Gasteiger partial charge in [-0.15, -0.1) is 0 Å². The van der Waals surface area contributed by atoms with Gasteiger partial charge in [0.1, 0.15) is 0 Å². The van der Waals surface area contributed by atoms with Gasteiger partial charge >= 0.3 is 0 Å². The Bertz CT molecular complexity index is 807. The first-order valence-corrected chi connectivity index (χ1v) is 7.35. The van der Waals surface area contributed by atoms with Gasteiger partial charge in [0.2, 0.25) is 0 Å². The van der Waals surface area contributed by atoms with Gasteiger partial charge < -0.3 is 5.32 Å². The maximum Gasteiger partial charge on any atom is 0.0456 e. The topological polar surface area (TPSA) is 12.0 Å². The van der Waals surface area contributed by atoms with Crippen LogP contribution < -0.4 is 5.32 Å². The van der Waals surface area contributed by atoms with Crippen molar-refractivity contribution >= 4 is 5.70 Å². The summed E-state index contributed by atoms with van der Waals surface area (Å²) in [6.07, 6.45) is 11.3. The molecule has 1 heterocycles. The second kappa shape index (κ2) is 4.78. The number of fused-ring (bicyclic) bond motifs is 3. The summed E-state index contributed by atoms with van der Waals surface area (Å²) in [5.74, 6) is 0. The monoisotopic (exact) mass is 271 g/mol. The second-order valence-corrected chi connectivity index (χ2v) is 5.63. The smallest absolute Gasteiger partial charge is 0.0456 e. The third-order valence-electron chi connectivity index (χ3n) is 4.25. The molecule has 1 heteroatoms. The van der Waals surface area contributed by atoms with Crippen LogP contribution in [0.2, 0.25) is 0 Å². The lowest BCUT2D eigenvalue weighted by Gasteiger charge is -2.13. The molecule has 2 aromatic rings. The molecule has 0 fully saturated rings. The Kier molecular flexibility index (Phi) is 2.78. The Morgan fingerprint density at radius 3 is 2.71 bits per heavy atom. The van der Waals surface area contributed by atoms with E-state index in [0.717, 1.165) is 12.1 Å². The normalized spacial score (nSPS) is 15.0. The predicted molar refractivity (Wildman–Crippen MR) is 88.8 cm³/mol. The van der Waals surface area contributed by atoms with Crippen molar-refractivity contribution in [1.82, 2.24) is 5.32 Å². The molecule has 1 N–H and O–H groups in total. The van der Waals surface area contributed by atoms with Crippen molar-refractivity contribution in [2.75, 3.05) is 0 Å². The lowest BCUT2D eigenvalue weighted by molar-refractivity contribution is 1.19. The van der Waals surface area contributed by atoms with E-state index in [1.807, 2.05) is 18.4 Å². The summed E-state index contributed by atoms with van der Waals surface area (Å²) in [7, 11) is 0. The quantitative estimate of drug-likeness (QED) is 0.683. The first kappa shape index (κ1) is 12.2. The number of aryl methyl sites for hydroxylation is 1. The van der Waals surface area contributed by atoms with Gasteiger partial charge in [-0.05, 0) is 59.4 Å². The Labute approximate surface area is 125 Å². The molecular weight excluding hydrogens is 254 g/mol. The van der Waals surface area contributed by atoms with E-state index < -0.39 is 0 Å². The van der Waals surface area contributed by atoms with Gasteiger partial charge in [0.15, 0.2) is 0 Å². The Morgan fingerprint density at radius 1 is 0.857 bits per heavy atom. The molecule has 0 saturated heterocycles. The van der Waals surface area contributed by atoms with Crippen LogP contribution in [0.25, 0.3) is 16.8 Å². The fraction of sp³-hybridized carbons (Fsp3) is 0.100. The fourth-order valence-corrected chi connectivity index (χ4v) is 3.21. The minimum atomic E-state index is 1.04. The lowest BCUT2D eigenvalue weighted by atomic mass is 9.97. The molecule has 2 aromatic carbocycles. The summed E-state index contributed by atoms with van der Waals surface area (Å²) in [6.45, 7) is 2.19. The highest BCUT2D eigenvalue weighted by molar-refractivity contribution is 5.81. The van der Waals surface area contributed by atoms with Crippen LogP contribution in [0, 0.1) is 6.92 Å². The molecule has 0 radical (unpaired) electrons. The van der Waals surface area contributed by atoms with E-state index in [0.29, 0.717) is 0 Å². The van der Waals surface area contributed by atoms with Crippen LogP contribution in [-0.4, -0.2) is 0 Å². The fourth-order valence-electron chi connectivity index (χ4n) is 3.21. The van der Waals surface area contributed by atoms with Crippen molar-refractivity contribution in [3.63, 3.8) is 0 Å². The number of allylic oxidation sites excluding steroid dienone is 4. The molecule has 0 unspecified atom stereocenters. The van der Waals surface area contributed by atoms with Gasteiger partial charge in [-0.2, -0.15) is 0 Å². The molecule has 21 heavy (non-hydrogen) atoms. The number of hydrogen-bond acceptors (Lipinski definition) is 1. The molecule has 4 rings (SSSR count). The van der Waals surface area contributed by atoms with Gasteiger partial charge in [0.25, 0.3) is 0 Å². The molecule has 0 aromatic heterocycles. The number of nitrogens with one attached hydrogen (secondary N) is 1. The van der Waals surface area contributed by atoms with E-state index in [-0.39, 0.29) is 0 Å². The Balaban J connectivity index is 1.84. The molecule has 0 saturated carbocycles. The highest BCUT2D eigenvalue weighted by Gasteiger charge is 2.20. The van der Waals surface area contributed by atoms with Crippen LogP contribution in [0.3, 0.4) is 0 Å². The zero-order valence-corrected chi connectivity index (χ0v) is 12.1. The van der Waals surface area contributed by atoms with Crippen LogP contribution >= 0.6 is 0 Å². The van der Waals surface area contributed by atoms with E-state index in [2.05, 4.69) is 60.8 Å². The van der Waals surface area contributed by atoms with Crippen molar-refractivity contribution in [1.29, 1.82) is 0 Å². The zero-order chi connectivity index (χ0) is 14.2. The van der Waals surface area contributed by atoms with E-state index in [4.69, 9.17) is 0 Å². The molecule has 0 spiro atoms. The van der Waals surface area contributed by atoms with E-state index in [1.54, 1.807) is 0 Å². The van der Waals surface area contributed by atoms with Gasteiger partial charge in [0, 0.05) is 17.5 Å². The lowest BCUT2D eigenvalue weighted by Crippen LogP contribution is -2.05. The standard InChI is InChI=1S/C20H17N/c1-14-11-19-16(12-15-7-4-5-8-17(15)19)13-18(14)20-9-3-2-6-10-21-20/h2-11,13,21H,12H2,1H3. The molecule has 0 amide bonds. The molecule has 0 bridgehead atoms. The maximum absolute atomic E-state index is 3.37. The highest BCUT2D eigenvalue weighted by atomic mass is 14.8. The molecular formula is C20H17N. The van der Waals surface area contributed by atoms with Gasteiger partial charge in [-0.25, -0.2) is 0 Å². The predicted octanol–water partition coefficient (Wildman–Crippen LogP) is 4.58. The molecule has 1 aliphatic carbocycles. The summed E-state index contributed by atoms with van der Waals surface area (Å²) in [4.78, 5) is 0. The molecule has 1 nitrogen and oxygen atoms in total. The third-order valence-corrected chi connectivity index (χ3v) is 4.25. The van der Waals surface area contributed by atoms with Crippen molar-refractivity contribution in [2.24, 2.45) is 0 Å². The summed E-state index contributed by atoms with van der Waals surface area (Å²) in [5, 5.41) is 3.37. The largest absolute Gasteiger partial charge is 0.361 e. The number of hydrogen-bond donors (Lipinski definition) is 1. The van der Waals surface area contributed by atoms with Gasteiger partial charge in [-0.1, -0.05) is 42.5 Å². The van der Waals surface area contributed by atoms with E-state index in [1.165, 1.54) is 33.4 Å². The van der Waals surface area contributed by atoms with Gasteiger partial charge in [0.05, 0.1) is 0 Å². The van der Waals surface area contributed by atoms with E-state index >= 15 is 0 Å².